The van der Waals surface area contributed by atoms with Gasteiger partial charge in [-0.2, -0.15) is 16.2 Å². The Bertz CT molecular complexity index is 6650. The zero-order valence-corrected chi connectivity index (χ0v) is 77.8. The van der Waals surface area contributed by atoms with E-state index in [4.69, 9.17) is 59.3 Å². The Morgan fingerprint density at radius 3 is 1.02 bits per heavy atom. The third kappa shape index (κ3) is 29.8. The van der Waals surface area contributed by atoms with E-state index in [9.17, 15) is 74.5 Å². The van der Waals surface area contributed by atoms with Crippen molar-refractivity contribution < 1.29 is 78.0 Å². The van der Waals surface area contributed by atoms with Gasteiger partial charge >= 0.3 is 65.2 Å². The fraction of sp³-hybridized carbons (Fsp3) is 0.0909. The molecule has 3 aromatic carbocycles. The lowest BCUT2D eigenvalue weighted by Crippen LogP contribution is -2.42. The molecule has 0 atom stereocenters. The summed E-state index contributed by atoms with van der Waals surface area (Å²) in [5.74, 6) is -0.164. The van der Waals surface area contributed by atoms with Crippen LogP contribution in [0.15, 0.2) is 276 Å². The molecule has 3 aliphatic rings. The van der Waals surface area contributed by atoms with E-state index in [2.05, 4.69) is 70.2 Å². The van der Waals surface area contributed by atoms with E-state index in [0.717, 1.165) is 57.4 Å². The number of nitrogens with two attached hydrogens (primary N) is 2. The normalized spacial score (nSPS) is 11.2. The highest BCUT2D eigenvalue weighted by atomic mass is 35.5. The number of nitrogens with zero attached hydrogens (tertiary/aromatic N) is 19. The van der Waals surface area contributed by atoms with E-state index >= 15 is 0 Å². The van der Waals surface area contributed by atoms with Crippen molar-refractivity contribution in [3.05, 3.63) is 366 Å². The zero-order chi connectivity index (χ0) is 100. The smallest absolute Gasteiger partial charge is 0.423 e. The number of anilines is 5. The lowest BCUT2D eigenvalue weighted by molar-refractivity contribution is -0.384. The van der Waals surface area contributed by atoms with E-state index < -0.39 is 72.9 Å². The number of pyridine rings is 5. The molecule has 44 nitrogen and oxygen atoms in total. The van der Waals surface area contributed by atoms with E-state index in [1.54, 1.807) is 146 Å². The van der Waals surface area contributed by atoms with Crippen LogP contribution < -0.4 is 46.0 Å². The average Bonchev–Trinajstić information content (AvgIpc) is 1.16. The number of benzene rings is 3. The van der Waals surface area contributed by atoms with Crippen LogP contribution in [0.4, 0.5) is 81.5 Å². The van der Waals surface area contributed by atoms with Crippen LogP contribution in [0.1, 0.15) is 40.6 Å². The van der Waals surface area contributed by atoms with Gasteiger partial charge in [0.1, 0.15) is 22.4 Å². The number of urea groups is 2. The zero-order valence-electron chi connectivity index (χ0n) is 72.2. The number of ether oxygens (including phenoxy) is 3. The third-order valence-electron chi connectivity index (χ3n) is 18.5. The molecule has 19 rings (SSSR count). The second-order valence-electron chi connectivity index (χ2n) is 27.5. The molecule has 16 aromatic rings. The van der Waals surface area contributed by atoms with Gasteiger partial charge in [0, 0.05) is 91.0 Å². The summed E-state index contributed by atoms with van der Waals surface area (Å²) < 4.78 is 15.7. The van der Waals surface area contributed by atoms with Gasteiger partial charge in [-0.05, 0) is 137 Å². The maximum absolute atomic E-state index is 13.1. The molecule has 0 fully saturated rings. The number of carbonyl (C=O) groups is 5. The molecule has 1 aliphatic carbocycles. The maximum Gasteiger partial charge on any atom is 0.499 e. The van der Waals surface area contributed by atoms with Gasteiger partial charge < -0.3 is 50.6 Å². The Morgan fingerprint density at radius 1 is 0.393 bits per heavy atom. The first-order valence-electron chi connectivity index (χ1n) is 40.3. The van der Waals surface area contributed by atoms with E-state index in [-0.39, 0.29) is 62.7 Å². The predicted molar refractivity (Wildman–Crippen MR) is 524 cm³/mol. The van der Waals surface area contributed by atoms with Crippen molar-refractivity contribution in [2.45, 2.75) is 45.4 Å². The van der Waals surface area contributed by atoms with Crippen molar-refractivity contribution in [3.63, 3.8) is 0 Å². The number of amides is 6. The van der Waals surface area contributed by atoms with Crippen LogP contribution in [-0.4, -0.2) is 148 Å². The number of carbonyl (C=O) groups excluding carboxylic acids is 5. The number of aryl methyl sites for hydroxylation is 2. The van der Waals surface area contributed by atoms with Crippen LogP contribution in [0.2, 0.25) is 5.15 Å². The third-order valence-corrected chi connectivity index (χ3v) is 23.2. The molecule has 0 bridgehead atoms. The standard InChI is InChI=1S/C23H15N3O6S.2C16H12N6O3S.C9H7N3O2S.C7H5ClO2.C7H8N2.C5H4ClN3O2.C4H5BO2S.CH4O/c27-22(31-16-8-3-1-4-9-16)25(23(28)32-17-10-5-2-6-11-17)21-19(26(29)30)14-13-18(24-21)20-12-7-15-33-20;2*23-16(21-8-11-12(9-21)18-6-5-17-11)20-15-13(22(24)25)4-3-10(19-15)14-2-1-7-26-14;10-9-7(12(13)14)4-3-6(11-9)8-2-1-5-15-8;8-7(9)10-6-4-2-1-3-5-6;1-2-6-7(3-1)9-5-4-8-6;6-4-2-1-3(9(10)11)5(7)8-4;6-5(7)4-2-1-3-8-4;1-2/h1-15H;2*1-7H,8-9H2,(H,19,20,23);1-5H,(H2,10,11);1-5H;4-5H,1-3H2;1-2H,(H2,7,8);1-3,6-7H;2H,1H3. The molecule has 9 N–H and O–H groups in total. The highest BCUT2D eigenvalue weighted by molar-refractivity contribution is 7.20. The van der Waals surface area contributed by atoms with Crippen LogP contribution in [0, 0.1) is 50.6 Å². The van der Waals surface area contributed by atoms with Crippen LogP contribution in [0.25, 0.3) is 42.3 Å². The van der Waals surface area contributed by atoms with E-state index in [1.165, 1.54) is 151 Å². The van der Waals surface area contributed by atoms with Gasteiger partial charge in [-0.1, -0.05) is 103 Å². The molecule has 13 aromatic heterocycles. The van der Waals surface area contributed by atoms with Crippen LogP contribution >= 0.6 is 79.9 Å². The molecule has 0 spiro atoms. The van der Waals surface area contributed by atoms with Gasteiger partial charge in [-0.15, -0.1) is 45.3 Å². The van der Waals surface area contributed by atoms with Gasteiger partial charge in [0.2, 0.25) is 29.1 Å². The van der Waals surface area contributed by atoms with Crippen LogP contribution in [0.5, 0.6) is 17.2 Å². The topological polar surface area (TPSA) is 617 Å². The van der Waals surface area contributed by atoms with Crippen molar-refractivity contribution in [2.24, 2.45) is 0 Å². The Labute approximate surface area is 821 Å². The van der Waals surface area contributed by atoms with Gasteiger partial charge in [-0.25, -0.2) is 48.9 Å². The Kier molecular flexibility index (Phi) is 38.2. The summed E-state index contributed by atoms with van der Waals surface area (Å²) in [7, 11) is -0.296. The number of imide groups is 1. The number of aromatic nitrogens is 11. The Morgan fingerprint density at radius 2 is 0.707 bits per heavy atom. The van der Waals surface area contributed by atoms with Crippen molar-refractivity contribution in [2.75, 3.05) is 34.1 Å². The molecule has 52 heteroatoms. The van der Waals surface area contributed by atoms with Gasteiger partial charge in [-0.3, -0.25) is 91.1 Å². The number of fused-ring (bicyclic) bond motifs is 3. The van der Waals surface area contributed by atoms with Crippen molar-refractivity contribution >= 4 is 179 Å². The second kappa shape index (κ2) is 51.6. The van der Waals surface area contributed by atoms with E-state index in [0.29, 0.717) is 69.3 Å². The molecular weight excluding hydrogens is 1960 g/mol. The minimum atomic E-state index is -1.30. The average molecular weight is 2030 g/mol. The number of nitrogen functional groups attached to an aromatic ring is 2. The minimum absolute atomic E-state index is 0.0501. The first-order chi connectivity index (χ1) is 67.6. The predicted octanol–water partition coefficient (Wildman–Crippen LogP) is 18.0. The quantitative estimate of drug-likeness (QED) is 0.0155. The molecular formula is C88H72BCl2N23O21S5. The van der Waals surface area contributed by atoms with Gasteiger partial charge in [0.15, 0.2) is 0 Å². The van der Waals surface area contributed by atoms with Crippen LogP contribution in [-0.2, 0) is 39.0 Å². The number of aliphatic hydroxyl groups is 1. The highest BCUT2D eigenvalue weighted by Gasteiger charge is 2.37. The Balaban J connectivity index is 0.000000160. The monoisotopic (exact) mass is 2030 g/mol. The summed E-state index contributed by atoms with van der Waals surface area (Å²) in [6.45, 7) is 1.20. The first-order valence-corrected chi connectivity index (χ1v) is 45.4. The highest BCUT2D eigenvalue weighted by Crippen LogP contribution is 2.37. The van der Waals surface area contributed by atoms with Crippen molar-refractivity contribution in [3.8, 4) is 59.5 Å². The summed E-state index contributed by atoms with van der Waals surface area (Å²) >= 11 is 17.5. The summed E-state index contributed by atoms with van der Waals surface area (Å²) in [5.41, 5.74) is 15.8. The number of para-hydroxylation sites is 3. The fourth-order valence-electron chi connectivity index (χ4n) is 12.2. The molecule has 6 amide bonds. The molecule has 0 unspecified atom stereocenters. The second-order valence-corrected chi connectivity index (χ2v) is 33.0. The van der Waals surface area contributed by atoms with Gasteiger partial charge in [0.25, 0.3) is 0 Å². The minimum Gasteiger partial charge on any atom is -0.423 e. The number of hydrogen-bond acceptors (Lipinski definition) is 39. The number of nitro groups is 5. The number of aliphatic hydroxyl groups excluding tert-OH is 1. The molecule has 712 valence electrons. The number of hydrogen-bond donors (Lipinski definition) is 7. The largest absolute Gasteiger partial charge is 0.499 e. The molecule has 0 radical (unpaired) electrons. The molecule has 140 heavy (non-hydrogen) atoms. The fourth-order valence-corrected chi connectivity index (χ4v) is 15.8. The van der Waals surface area contributed by atoms with E-state index in [1.807, 2.05) is 64.0 Å². The molecule has 2 aliphatic heterocycles. The summed E-state index contributed by atoms with van der Waals surface area (Å²) in [6, 6.07) is 55.8. The summed E-state index contributed by atoms with van der Waals surface area (Å²) in [4.78, 5) is 165. The number of nitrogens with one attached hydrogen (secondary N) is 2. The van der Waals surface area contributed by atoms with Crippen LogP contribution in [0.3, 0.4) is 0 Å². The maximum atomic E-state index is 13.1. The van der Waals surface area contributed by atoms with Gasteiger partial charge in [0.05, 0.1) is 127 Å². The van der Waals surface area contributed by atoms with Crippen molar-refractivity contribution in [1.29, 1.82) is 0 Å². The first kappa shape index (κ1) is 104. The molecule has 0 saturated heterocycles. The lowest BCUT2D eigenvalue weighted by atomic mass is 9.90. The Hall–Kier alpha value is -17.0. The van der Waals surface area contributed by atoms with Crippen molar-refractivity contribution in [1.82, 2.24) is 64.6 Å². The lowest BCUT2D eigenvalue weighted by Gasteiger charge is -2.19. The molecule has 0 saturated carbocycles. The summed E-state index contributed by atoms with van der Waals surface area (Å²) in [5, 5.41) is 93.5. The number of thiophene rings is 5. The molecule has 15 heterocycles. The summed E-state index contributed by atoms with van der Waals surface area (Å²) in [6.07, 6.45) is 10.9. The number of halogens is 2. The number of rotatable bonds is 16. The SMILES string of the molecule is CO.Nc1nc(-c2cccs2)ccc1[N+](=O)[O-].Nc1nc(Cl)ccc1[N+](=O)[O-].O=C(Cl)Oc1ccccc1.O=C(Nc1nc(-c2cccs2)ccc1[N+](=O)[O-])N1Cc2nccnc2C1.O=C(Nc1nc(-c2cccs2)ccc1[N+](=O)[O-])N1Cc2nccnc2C1.O=C(Oc1ccccc1)N(C(=O)Oc1ccccc1)c1nc(-c2cccs2)ccc1[N+](=O)[O-].OB(O)c1cccs1.c1cnc2c(n1)CCC2.